The normalized spacial score (nSPS) is 19.9. The number of hydrogen-bond acceptors (Lipinski definition) is 3. The Hall–Kier alpha value is -0.680. The topological polar surface area (TPSA) is 21.3 Å². The van der Waals surface area contributed by atoms with E-state index >= 15 is 0 Å². The van der Waals surface area contributed by atoms with Gasteiger partial charge in [-0.1, -0.05) is 28.1 Å². The van der Waals surface area contributed by atoms with Crippen molar-refractivity contribution in [3.05, 3.63) is 45.7 Å². The average Bonchev–Trinajstić information content (AvgIpc) is 2.89. The Kier molecular flexibility index (Phi) is 3.80. The monoisotopic (exact) mass is 323 g/mol. The first-order chi connectivity index (χ1) is 8.83. The van der Waals surface area contributed by atoms with Crippen molar-refractivity contribution in [1.29, 1.82) is 0 Å². The quantitative estimate of drug-likeness (QED) is 0.906. The second kappa shape index (κ2) is 5.53. The molecule has 1 fully saturated rings. The van der Waals surface area contributed by atoms with Crippen LogP contribution >= 0.6 is 27.3 Å². The molecule has 0 bridgehead atoms. The number of morpholine rings is 1. The highest BCUT2D eigenvalue weighted by atomic mass is 79.9. The fourth-order valence-electron chi connectivity index (χ4n) is 2.09. The Labute approximate surface area is 119 Å². The second-order valence-electron chi connectivity index (χ2n) is 4.29. The Bertz CT molecular complexity index is 534. The van der Waals surface area contributed by atoms with Gasteiger partial charge in [-0.15, -0.1) is 11.3 Å². The zero-order chi connectivity index (χ0) is 12.4. The van der Waals surface area contributed by atoms with Gasteiger partial charge in [0.05, 0.1) is 19.3 Å². The Morgan fingerprint density at radius 3 is 3.00 bits per heavy atom. The average molecular weight is 324 g/mol. The zero-order valence-corrected chi connectivity index (χ0v) is 12.3. The van der Waals surface area contributed by atoms with Crippen LogP contribution in [0.2, 0.25) is 0 Å². The predicted octanol–water partition coefficient (Wildman–Crippen LogP) is 3.84. The minimum absolute atomic E-state index is 0.352. The van der Waals surface area contributed by atoms with Gasteiger partial charge < -0.3 is 10.1 Å². The van der Waals surface area contributed by atoms with Gasteiger partial charge in [-0.25, -0.2) is 0 Å². The largest absolute Gasteiger partial charge is 0.378 e. The molecule has 1 aromatic carbocycles. The van der Waals surface area contributed by atoms with Crippen molar-refractivity contribution in [3.8, 4) is 10.4 Å². The summed E-state index contributed by atoms with van der Waals surface area (Å²) in [6.45, 7) is 2.54. The molecule has 0 radical (unpaired) electrons. The van der Waals surface area contributed by atoms with Crippen molar-refractivity contribution in [2.45, 2.75) is 6.04 Å². The van der Waals surface area contributed by atoms with Crippen molar-refractivity contribution in [3.63, 3.8) is 0 Å². The number of thiophene rings is 1. The van der Waals surface area contributed by atoms with Gasteiger partial charge in [0.25, 0.3) is 0 Å². The molecule has 2 heterocycles. The SMILES string of the molecule is Brc1cccc(-c2ccc(C3COCCN3)s2)c1. The van der Waals surface area contributed by atoms with E-state index in [0.29, 0.717) is 6.04 Å². The predicted molar refractivity (Wildman–Crippen MR) is 79.0 cm³/mol. The van der Waals surface area contributed by atoms with Crippen LogP contribution in [0.4, 0.5) is 0 Å². The fourth-order valence-corrected chi connectivity index (χ4v) is 3.55. The van der Waals surface area contributed by atoms with Crippen LogP contribution in [0, 0.1) is 0 Å². The molecule has 0 spiro atoms. The van der Waals surface area contributed by atoms with Crippen LogP contribution in [-0.4, -0.2) is 19.8 Å². The Morgan fingerprint density at radius 1 is 1.28 bits per heavy atom. The van der Waals surface area contributed by atoms with Crippen molar-refractivity contribution >= 4 is 27.3 Å². The highest BCUT2D eigenvalue weighted by Gasteiger charge is 2.17. The molecule has 1 aliphatic heterocycles. The summed E-state index contributed by atoms with van der Waals surface area (Å²) < 4.78 is 6.63. The van der Waals surface area contributed by atoms with Gasteiger partial charge >= 0.3 is 0 Å². The van der Waals surface area contributed by atoms with E-state index in [2.05, 4.69) is 57.6 Å². The van der Waals surface area contributed by atoms with Crippen LogP contribution in [0.1, 0.15) is 10.9 Å². The highest BCUT2D eigenvalue weighted by Crippen LogP contribution is 2.33. The van der Waals surface area contributed by atoms with Crippen LogP contribution in [0.15, 0.2) is 40.9 Å². The molecule has 1 aromatic heterocycles. The van der Waals surface area contributed by atoms with Crippen LogP contribution in [0.25, 0.3) is 10.4 Å². The van der Waals surface area contributed by atoms with E-state index in [1.165, 1.54) is 15.3 Å². The number of hydrogen-bond donors (Lipinski definition) is 1. The molecule has 4 heteroatoms. The standard InChI is InChI=1S/C14H14BrNOS/c15-11-3-1-2-10(8-11)13-4-5-14(18-13)12-9-17-7-6-16-12/h1-5,8,12,16H,6-7,9H2. The van der Waals surface area contributed by atoms with Crippen molar-refractivity contribution < 1.29 is 4.74 Å². The van der Waals surface area contributed by atoms with Crippen molar-refractivity contribution in [1.82, 2.24) is 5.32 Å². The molecule has 3 rings (SSSR count). The first-order valence-corrected chi connectivity index (χ1v) is 7.61. The van der Waals surface area contributed by atoms with E-state index in [0.717, 1.165) is 24.2 Å². The second-order valence-corrected chi connectivity index (χ2v) is 6.33. The lowest BCUT2D eigenvalue weighted by Gasteiger charge is -2.22. The fraction of sp³-hybridized carbons (Fsp3) is 0.286. The Balaban J connectivity index is 1.84. The van der Waals surface area contributed by atoms with Gasteiger partial charge in [-0.3, -0.25) is 0 Å². The van der Waals surface area contributed by atoms with Gasteiger partial charge in [0.15, 0.2) is 0 Å². The molecule has 1 saturated heterocycles. The molecule has 18 heavy (non-hydrogen) atoms. The van der Waals surface area contributed by atoms with E-state index in [1.807, 2.05) is 11.3 Å². The lowest BCUT2D eigenvalue weighted by atomic mass is 10.2. The molecular formula is C14H14BrNOS. The molecule has 1 aliphatic rings. The summed E-state index contributed by atoms with van der Waals surface area (Å²) in [6.07, 6.45) is 0. The third-order valence-electron chi connectivity index (χ3n) is 3.00. The van der Waals surface area contributed by atoms with E-state index < -0.39 is 0 Å². The number of ether oxygens (including phenoxy) is 1. The molecule has 1 N–H and O–H groups in total. The summed E-state index contributed by atoms with van der Waals surface area (Å²) in [6, 6.07) is 13.2. The molecule has 0 aliphatic carbocycles. The van der Waals surface area contributed by atoms with Gasteiger partial charge in [0, 0.05) is 20.8 Å². The van der Waals surface area contributed by atoms with Crippen LogP contribution in [0.3, 0.4) is 0 Å². The highest BCUT2D eigenvalue weighted by molar-refractivity contribution is 9.10. The summed E-state index contributed by atoms with van der Waals surface area (Å²) in [7, 11) is 0. The summed E-state index contributed by atoms with van der Waals surface area (Å²) in [5.74, 6) is 0. The minimum Gasteiger partial charge on any atom is -0.378 e. The van der Waals surface area contributed by atoms with Crippen LogP contribution < -0.4 is 5.32 Å². The third-order valence-corrected chi connectivity index (χ3v) is 4.74. The van der Waals surface area contributed by atoms with E-state index in [-0.39, 0.29) is 0 Å². The summed E-state index contributed by atoms with van der Waals surface area (Å²) >= 11 is 5.35. The molecule has 2 aromatic rings. The summed E-state index contributed by atoms with van der Waals surface area (Å²) in [5, 5.41) is 3.49. The number of rotatable bonds is 2. The maximum Gasteiger partial charge on any atom is 0.0670 e. The van der Waals surface area contributed by atoms with E-state index in [1.54, 1.807) is 0 Å². The maximum atomic E-state index is 5.51. The minimum atomic E-state index is 0.352. The number of benzene rings is 1. The van der Waals surface area contributed by atoms with Crippen molar-refractivity contribution in [2.24, 2.45) is 0 Å². The van der Waals surface area contributed by atoms with Crippen molar-refractivity contribution in [2.75, 3.05) is 19.8 Å². The molecule has 1 atom stereocenters. The Morgan fingerprint density at radius 2 is 2.22 bits per heavy atom. The van der Waals surface area contributed by atoms with Gasteiger partial charge in [0.1, 0.15) is 0 Å². The molecule has 1 unspecified atom stereocenters. The van der Waals surface area contributed by atoms with Gasteiger partial charge in [-0.05, 0) is 29.8 Å². The lowest BCUT2D eigenvalue weighted by Crippen LogP contribution is -2.33. The number of nitrogens with one attached hydrogen (secondary N) is 1. The van der Waals surface area contributed by atoms with Gasteiger partial charge in [0.2, 0.25) is 0 Å². The van der Waals surface area contributed by atoms with E-state index in [9.17, 15) is 0 Å². The van der Waals surface area contributed by atoms with Crippen LogP contribution in [-0.2, 0) is 4.74 Å². The van der Waals surface area contributed by atoms with Crippen LogP contribution in [0.5, 0.6) is 0 Å². The molecule has 0 saturated carbocycles. The molecule has 0 amide bonds. The maximum absolute atomic E-state index is 5.51. The first-order valence-electron chi connectivity index (χ1n) is 6.00. The molecular weight excluding hydrogens is 310 g/mol. The molecule has 2 nitrogen and oxygen atoms in total. The van der Waals surface area contributed by atoms with Gasteiger partial charge in [-0.2, -0.15) is 0 Å². The smallest absolute Gasteiger partial charge is 0.0670 e. The van der Waals surface area contributed by atoms with E-state index in [4.69, 9.17) is 4.74 Å². The summed E-state index contributed by atoms with van der Waals surface area (Å²) in [5.41, 5.74) is 1.26. The molecule has 94 valence electrons. The third kappa shape index (κ3) is 2.67. The zero-order valence-electron chi connectivity index (χ0n) is 9.86. The summed E-state index contributed by atoms with van der Waals surface area (Å²) in [4.78, 5) is 2.66. The first kappa shape index (κ1) is 12.4. The lowest BCUT2D eigenvalue weighted by molar-refractivity contribution is 0.0779. The number of halogens is 1.